The van der Waals surface area contributed by atoms with Crippen molar-refractivity contribution in [1.29, 1.82) is 0 Å². The Morgan fingerprint density at radius 2 is 2.00 bits per heavy atom. The second-order valence-electron chi connectivity index (χ2n) is 6.11. The quantitative estimate of drug-likeness (QED) is 0.922. The van der Waals surface area contributed by atoms with Crippen molar-refractivity contribution in [2.45, 2.75) is 32.6 Å². The third-order valence-electron chi connectivity index (χ3n) is 4.03. The zero-order valence-corrected chi connectivity index (χ0v) is 11.7. The third kappa shape index (κ3) is 2.49. The maximum atomic E-state index is 13.8. The Hall–Kier alpha value is -1.65. The molecule has 110 valence electrons. The summed E-state index contributed by atoms with van der Waals surface area (Å²) in [6.45, 7) is 3.96. The van der Waals surface area contributed by atoms with Crippen LogP contribution in [0.15, 0.2) is 12.1 Å². The lowest BCUT2D eigenvalue weighted by atomic mass is 9.87. The third-order valence-corrected chi connectivity index (χ3v) is 4.03. The molecule has 0 unspecified atom stereocenters. The fourth-order valence-corrected chi connectivity index (χ4v) is 3.19. The van der Waals surface area contributed by atoms with Crippen molar-refractivity contribution in [2.24, 2.45) is 11.3 Å². The number of aliphatic carboxylic acids is 1. The summed E-state index contributed by atoms with van der Waals surface area (Å²) in [5.41, 5.74) is 0.285. The van der Waals surface area contributed by atoms with Gasteiger partial charge in [0, 0.05) is 11.5 Å². The Bertz CT molecular complexity index is 540. The van der Waals surface area contributed by atoms with E-state index < -0.39 is 23.5 Å². The fourth-order valence-electron chi connectivity index (χ4n) is 3.19. The van der Waals surface area contributed by atoms with E-state index in [4.69, 9.17) is 4.74 Å². The highest BCUT2D eigenvalue weighted by atomic mass is 19.2. The molecule has 3 nitrogen and oxygen atoms in total. The maximum absolute atomic E-state index is 13.8. The van der Waals surface area contributed by atoms with Gasteiger partial charge in [-0.15, -0.1) is 0 Å². The van der Waals surface area contributed by atoms with Gasteiger partial charge in [0.05, 0.1) is 13.0 Å². The Morgan fingerprint density at radius 1 is 1.35 bits per heavy atom. The van der Waals surface area contributed by atoms with Crippen LogP contribution in [0.2, 0.25) is 0 Å². The van der Waals surface area contributed by atoms with Gasteiger partial charge in [0.2, 0.25) is 5.82 Å². The van der Waals surface area contributed by atoms with Crippen LogP contribution in [-0.4, -0.2) is 18.2 Å². The molecule has 1 aliphatic carbocycles. The van der Waals surface area contributed by atoms with Crippen molar-refractivity contribution < 1.29 is 23.4 Å². The summed E-state index contributed by atoms with van der Waals surface area (Å²) in [7, 11) is 1.26. The van der Waals surface area contributed by atoms with Crippen LogP contribution >= 0.6 is 0 Å². The van der Waals surface area contributed by atoms with E-state index in [1.165, 1.54) is 13.2 Å². The van der Waals surface area contributed by atoms with Gasteiger partial charge in [-0.05, 0) is 24.3 Å². The minimum absolute atomic E-state index is 0.149. The molecule has 0 aliphatic heterocycles. The molecule has 0 radical (unpaired) electrons. The summed E-state index contributed by atoms with van der Waals surface area (Å²) in [6, 6.07) is 2.46. The average Bonchev–Trinajstić information content (AvgIpc) is 2.68. The molecule has 2 rings (SSSR count). The number of carboxylic acids is 1. The molecular weight excluding hydrogens is 266 g/mol. The minimum Gasteiger partial charge on any atom is -0.493 e. The molecule has 20 heavy (non-hydrogen) atoms. The van der Waals surface area contributed by atoms with Crippen LogP contribution in [0.5, 0.6) is 5.75 Å². The lowest BCUT2D eigenvalue weighted by molar-refractivity contribution is -0.142. The van der Waals surface area contributed by atoms with Crippen LogP contribution < -0.4 is 4.74 Å². The summed E-state index contributed by atoms with van der Waals surface area (Å²) >= 11 is 0. The van der Waals surface area contributed by atoms with Gasteiger partial charge in [0.25, 0.3) is 0 Å². The van der Waals surface area contributed by atoms with E-state index in [2.05, 4.69) is 0 Å². The second kappa shape index (κ2) is 5.04. The molecule has 2 atom stereocenters. The van der Waals surface area contributed by atoms with Crippen molar-refractivity contribution in [3.8, 4) is 5.75 Å². The first kappa shape index (κ1) is 14.8. The van der Waals surface area contributed by atoms with Crippen molar-refractivity contribution in [2.75, 3.05) is 7.11 Å². The van der Waals surface area contributed by atoms with Crippen molar-refractivity contribution in [1.82, 2.24) is 0 Å². The summed E-state index contributed by atoms with van der Waals surface area (Å²) in [5.74, 6) is -4.11. The van der Waals surface area contributed by atoms with E-state index in [1.54, 1.807) is 0 Å². The molecule has 5 heteroatoms. The van der Waals surface area contributed by atoms with Crippen molar-refractivity contribution in [3.05, 3.63) is 29.3 Å². The van der Waals surface area contributed by atoms with Crippen LogP contribution in [0.1, 0.15) is 38.2 Å². The van der Waals surface area contributed by atoms with Gasteiger partial charge in [-0.1, -0.05) is 19.9 Å². The first-order valence-electron chi connectivity index (χ1n) is 6.51. The van der Waals surface area contributed by atoms with Gasteiger partial charge in [0.15, 0.2) is 11.6 Å². The highest BCUT2D eigenvalue weighted by molar-refractivity contribution is 5.72. The predicted molar refractivity (Wildman–Crippen MR) is 69.8 cm³/mol. The van der Waals surface area contributed by atoms with Crippen molar-refractivity contribution >= 4 is 5.97 Å². The maximum Gasteiger partial charge on any atom is 0.307 e. The number of carboxylic acid groups (broad SMARTS) is 1. The van der Waals surface area contributed by atoms with E-state index in [0.29, 0.717) is 18.4 Å². The van der Waals surface area contributed by atoms with Crippen LogP contribution in [0.3, 0.4) is 0 Å². The van der Waals surface area contributed by atoms with E-state index in [0.717, 1.165) is 6.07 Å². The van der Waals surface area contributed by atoms with E-state index in [1.807, 2.05) is 13.8 Å². The molecule has 1 aromatic carbocycles. The smallest absolute Gasteiger partial charge is 0.307 e. The van der Waals surface area contributed by atoms with Gasteiger partial charge >= 0.3 is 5.97 Å². The first-order valence-corrected chi connectivity index (χ1v) is 6.51. The monoisotopic (exact) mass is 284 g/mol. The lowest BCUT2D eigenvalue weighted by Gasteiger charge is -2.20. The van der Waals surface area contributed by atoms with Gasteiger partial charge in [-0.3, -0.25) is 4.79 Å². The number of rotatable bonds is 3. The Labute approximate surface area is 116 Å². The van der Waals surface area contributed by atoms with Crippen LogP contribution in [0.25, 0.3) is 0 Å². The van der Waals surface area contributed by atoms with Crippen LogP contribution in [-0.2, 0) is 4.79 Å². The molecule has 1 fully saturated rings. The summed E-state index contributed by atoms with van der Waals surface area (Å²) in [6.07, 6.45) is 1.11. The highest BCUT2D eigenvalue weighted by Gasteiger charge is 2.45. The number of hydrogen-bond donors (Lipinski definition) is 1. The highest BCUT2D eigenvalue weighted by Crippen LogP contribution is 2.52. The summed E-state index contributed by atoms with van der Waals surface area (Å²) in [4.78, 5) is 11.4. The molecule has 1 aliphatic rings. The van der Waals surface area contributed by atoms with Gasteiger partial charge in [0.1, 0.15) is 0 Å². The molecule has 0 amide bonds. The molecule has 0 bridgehead atoms. The first-order chi connectivity index (χ1) is 9.26. The summed E-state index contributed by atoms with van der Waals surface area (Å²) < 4.78 is 32.0. The number of hydrogen-bond acceptors (Lipinski definition) is 2. The average molecular weight is 284 g/mol. The Kier molecular flexibility index (Phi) is 3.71. The molecular formula is C15H18F2O3. The van der Waals surface area contributed by atoms with Gasteiger partial charge in [-0.25, -0.2) is 4.39 Å². The zero-order valence-electron chi connectivity index (χ0n) is 11.7. The minimum atomic E-state index is -1.06. The van der Waals surface area contributed by atoms with Crippen molar-refractivity contribution in [3.63, 3.8) is 0 Å². The molecule has 0 saturated heterocycles. The van der Waals surface area contributed by atoms with E-state index in [-0.39, 0.29) is 17.1 Å². The molecule has 0 aromatic heterocycles. The van der Waals surface area contributed by atoms with Gasteiger partial charge in [-0.2, -0.15) is 4.39 Å². The number of benzene rings is 1. The van der Waals surface area contributed by atoms with E-state index >= 15 is 0 Å². The predicted octanol–water partition coefficient (Wildman–Crippen LogP) is 3.58. The summed E-state index contributed by atoms with van der Waals surface area (Å²) in [5, 5.41) is 9.36. The zero-order chi connectivity index (χ0) is 15.1. The number of carbonyl (C=O) groups is 1. The van der Waals surface area contributed by atoms with E-state index in [9.17, 15) is 18.7 Å². The Balaban J connectivity index is 2.50. The number of ether oxygens (including phenoxy) is 1. The normalized spacial score (nSPS) is 24.6. The molecule has 1 aromatic rings. The second-order valence-corrected chi connectivity index (χ2v) is 6.11. The fraction of sp³-hybridized carbons (Fsp3) is 0.533. The largest absolute Gasteiger partial charge is 0.493 e. The molecule has 0 spiro atoms. The number of halogens is 2. The Morgan fingerprint density at radius 3 is 2.55 bits per heavy atom. The SMILES string of the molecule is COc1c([C@@H]2CC(C)(C)C[C@H]2C(=O)O)ccc(F)c1F. The lowest BCUT2D eigenvalue weighted by Crippen LogP contribution is -2.18. The molecule has 1 saturated carbocycles. The van der Waals surface area contributed by atoms with Crippen LogP contribution in [0.4, 0.5) is 8.78 Å². The molecule has 1 N–H and O–H groups in total. The number of methoxy groups -OCH3 is 1. The molecule has 0 heterocycles. The topological polar surface area (TPSA) is 46.5 Å². The van der Waals surface area contributed by atoms with Gasteiger partial charge < -0.3 is 9.84 Å². The van der Waals surface area contributed by atoms with Crippen LogP contribution in [0, 0.1) is 23.0 Å². The standard InChI is InChI=1S/C15H18F2O3/c1-15(2)6-9(10(7-15)14(18)19)8-4-5-11(16)12(17)13(8)20-3/h4-5,9-10H,6-7H2,1-3H3,(H,18,19)/t9-,10+/m0/s1.